The standard InChI is InChI=1S/C19H22Cl2N2/c1-13-3-2-4-15(7-13)16-9-17(22)12-23(11-16)10-14-5-6-18(20)19(21)8-14/h2-8,16-17H,9-12,22H2,1H3. The first-order valence-electron chi connectivity index (χ1n) is 7.99. The van der Waals surface area contributed by atoms with Crippen molar-refractivity contribution in [3.8, 4) is 0 Å². The van der Waals surface area contributed by atoms with Crippen molar-refractivity contribution in [1.82, 2.24) is 4.90 Å². The Morgan fingerprint density at radius 3 is 2.65 bits per heavy atom. The van der Waals surface area contributed by atoms with Crippen molar-refractivity contribution in [2.45, 2.75) is 31.8 Å². The van der Waals surface area contributed by atoms with Crippen LogP contribution in [0.1, 0.15) is 29.0 Å². The van der Waals surface area contributed by atoms with Crippen LogP contribution in [0.15, 0.2) is 42.5 Å². The molecule has 1 fully saturated rings. The summed E-state index contributed by atoms with van der Waals surface area (Å²) in [6.45, 7) is 4.94. The Labute approximate surface area is 148 Å². The lowest BCUT2D eigenvalue weighted by molar-refractivity contribution is 0.181. The highest BCUT2D eigenvalue weighted by Gasteiger charge is 2.26. The van der Waals surface area contributed by atoms with Gasteiger partial charge in [-0.2, -0.15) is 0 Å². The quantitative estimate of drug-likeness (QED) is 0.876. The predicted molar refractivity (Wildman–Crippen MR) is 98.3 cm³/mol. The molecule has 1 aliphatic heterocycles. The molecular weight excluding hydrogens is 327 g/mol. The molecule has 2 aromatic carbocycles. The summed E-state index contributed by atoms with van der Waals surface area (Å²) in [5.74, 6) is 0.487. The van der Waals surface area contributed by atoms with E-state index in [-0.39, 0.29) is 6.04 Å². The summed E-state index contributed by atoms with van der Waals surface area (Å²) in [5, 5.41) is 1.21. The number of likely N-dealkylation sites (tertiary alicyclic amines) is 1. The smallest absolute Gasteiger partial charge is 0.0595 e. The topological polar surface area (TPSA) is 29.3 Å². The molecule has 0 saturated carbocycles. The Hall–Kier alpha value is -1.06. The molecule has 0 aromatic heterocycles. The Kier molecular flexibility index (Phi) is 5.27. The molecule has 0 radical (unpaired) electrons. The van der Waals surface area contributed by atoms with E-state index in [0.717, 1.165) is 26.1 Å². The fourth-order valence-corrected chi connectivity index (χ4v) is 3.74. The molecule has 2 N–H and O–H groups in total. The van der Waals surface area contributed by atoms with Gasteiger partial charge >= 0.3 is 0 Å². The fraction of sp³-hybridized carbons (Fsp3) is 0.368. The van der Waals surface area contributed by atoms with Gasteiger partial charge in [0, 0.05) is 25.7 Å². The van der Waals surface area contributed by atoms with E-state index >= 15 is 0 Å². The average Bonchev–Trinajstić information content (AvgIpc) is 2.50. The van der Waals surface area contributed by atoms with Crippen LogP contribution in [0.5, 0.6) is 0 Å². The van der Waals surface area contributed by atoms with Crippen molar-refractivity contribution >= 4 is 23.2 Å². The predicted octanol–water partition coefficient (Wildman–Crippen LogP) is 4.62. The van der Waals surface area contributed by atoms with E-state index in [9.17, 15) is 0 Å². The maximum Gasteiger partial charge on any atom is 0.0595 e. The summed E-state index contributed by atoms with van der Waals surface area (Å²) in [6, 6.07) is 14.8. The monoisotopic (exact) mass is 348 g/mol. The van der Waals surface area contributed by atoms with Gasteiger partial charge < -0.3 is 5.73 Å². The zero-order chi connectivity index (χ0) is 16.4. The summed E-state index contributed by atoms with van der Waals surface area (Å²) >= 11 is 12.1. The van der Waals surface area contributed by atoms with Gasteiger partial charge in [-0.1, -0.05) is 59.1 Å². The number of benzene rings is 2. The first-order valence-corrected chi connectivity index (χ1v) is 8.75. The number of nitrogens with zero attached hydrogens (tertiary/aromatic N) is 1. The van der Waals surface area contributed by atoms with E-state index in [1.54, 1.807) is 0 Å². The lowest BCUT2D eigenvalue weighted by Crippen LogP contribution is -2.45. The third-order valence-electron chi connectivity index (χ3n) is 4.46. The minimum atomic E-state index is 0.206. The normalized spacial score (nSPS) is 22.3. The fourth-order valence-electron chi connectivity index (χ4n) is 3.42. The van der Waals surface area contributed by atoms with Crippen molar-refractivity contribution in [1.29, 1.82) is 0 Å². The number of piperidine rings is 1. The van der Waals surface area contributed by atoms with E-state index in [0.29, 0.717) is 16.0 Å². The van der Waals surface area contributed by atoms with Gasteiger partial charge in [-0.25, -0.2) is 0 Å². The summed E-state index contributed by atoms with van der Waals surface area (Å²) < 4.78 is 0. The highest BCUT2D eigenvalue weighted by atomic mass is 35.5. The molecule has 3 rings (SSSR count). The van der Waals surface area contributed by atoms with Gasteiger partial charge in [0.25, 0.3) is 0 Å². The summed E-state index contributed by atoms with van der Waals surface area (Å²) in [6.07, 6.45) is 1.04. The summed E-state index contributed by atoms with van der Waals surface area (Å²) in [4.78, 5) is 2.42. The van der Waals surface area contributed by atoms with E-state index < -0.39 is 0 Å². The number of rotatable bonds is 3. The average molecular weight is 349 g/mol. The number of hydrogen-bond donors (Lipinski definition) is 1. The molecule has 2 nitrogen and oxygen atoms in total. The Morgan fingerprint density at radius 1 is 1.09 bits per heavy atom. The Bertz CT molecular complexity index is 687. The number of aryl methyl sites for hydroxylation is 1. The number of halogens is 2. The highest BCUT2D eigenvalue weighted by molar-refractivity contribution is 6.42. The largest absolute Gasteiger partial charge is 0.327 e. The van der Waals surface area contributed by atoms with E-state index in [1.807, 2.05) is 18.2 Å². The van der Waals surface area contributed by atoms with Crippen molar-refractivity contribution in [2.24, 2.45) is 5.73 Å². The van der Waals surface area contributed by atoms with Crippen LogP contribution in [0.3, 0.4) is 0 Å². The van der Waals surface area contributed by atoms with Crippen LogP contribution in [0, 0.1) is 6.92 Å². The van der Waals surface area contributed by atoms with Gasteiger partial charge in [-0.15, -0.1) is 0 Å². The molecule has 122 valence electrons. The van der Waals surface area contributed by atoms with Gasteiger partial charge in [0.2, 0.25) is 0 Å². The molecule has 0 amide bonds. The highest BCUT2D eigenvalue weighted by Crippen LogP contribution is 2.29. The third-order valence-corrected chi connectivity index (χ3v) is 5.20. The first kappa shape index (κ1) is 16.8. The van der Waals surface area contributed by atoms with Gasteiger partial charge in [-0.3, -0.25) is 4.90 Å². The van der Waals surface area contributed by atoms with Crippen molar-refractivity contribution in [3.05, 3.63) is 69.2 Å². The lowest BCUT2D eigenvalue weighted by atomic mass is 9.87. The van der Waals surface area contributed by atoms with Gasteiger partial charge in [0.05, 0.1) is 10.0 Å². The second kappa shape index (κ2) is 7.23. The molecule has 23 heavy (non-hydrogen) atoms. The maximum atomic E-state index is 6.31. The molecule has 0 aliphatic carbocycles. The maximum absolute atomic E-state index is 6.31. The van der Waals surface area contributed by atoms with Crippen molar-refractivity contribution in [3.63, 3.8) is 0 Å². The van der Waals surface area contributed by atoms with Crippen LogP contribution < -0.4 is 5.73 Å². The number of hydrogen-bond acceptors (Lipinski definition) is 2. The third kappa shape index (κ3) is 4.27. The Morgan fingerprint density at radius 2 is 1.91 bits per heavy atom. The first-order chi connectivity index (χ1) is 11.0. The minimum Gasteiger partial charge on any atom is -0.327 e. The van der Waals surface area contributed by atoms with Gasteiger partial charge in [0.1, 0.15) is 0 Å². The van der Waals surface area contributed by atoms with E-state index in [4.69, 9.17) is 28.9 Å². The zero-order valence-electron chi connectivity index (χ0n) is 13.3. The van der Waals surface area contributed by atoms with E-state index in [2.05, 4.69) is 36.1 Å². The second-order valence-electron chi connectivity index (χ2n) is 6.55. The van der Waals surface area contributed by atoms with Crippen LogP contribution >= 0.6 is 23.2 Å². The SMILES string of the molecule is Cc1cccc(C2CC(N)CN(Cc3ccc(Cl)c(Cl)c3)C2)c1. The van der Waals surface area contributed by atoms with Crippen LogP contribution in [-0.4, -0.2) is 24.0 Å². The molecule has 1 saturated heterocycles. The van der Waals surface area contributed by atoms with E-state index in [1.165, 1.54) is 16.7 Å². The van der Waals surface area contributed by atoms with Crippen molar-refractivity contribution < 1.29 is 0 Å². The molecule has 2 aromatic rings. The van der Waals surface area contributed by atoms with Crippen LogP contribution in [0.4, 0.5) is 0 Å². The zero-order valence-corrected chi connectivity index (χ0v) is 14.8. The van der Waals surface area contributed by atoms with Crippen LogP contribution in [-0.2, 0) is 6.54 Å². The summed E-state index contributed by atoms with van der Waals surface area (Å²) in [7, 11) is 0. The molecule has 0 spiro atoms. The molecule has 2 unspecified atom stereocenters. The van der Waals surface area contributed by atoms with Crippen LogP contribution in [0.25, 0.3) is 0 Å². The molecule has 1 aliphatic rings. The molecular formula is C19H22Cl2N2. The molecule has 1 heterocycles. The molecule has 2 atom stereocenters. The van der Waals surface area contributed by atoms with Crippen LogP contribution in [0.2, 0.25) is 10.0 Å². The van der Waals surface area contributed by atoms with Gasteiger partial charge in [-0.05, 0) is 42.5 Å². The Balaban J connectivity index is 1.74. The molecule has 0 bridgehead atoms. The van der Waals surface area contributed by atoms with Crippen molar-refractivity contribution in [2.75, 3.05) is 13.1 Å². The minimum absolute atomic E-state index is 0.206. The molecule has 4 heteroatoms. The number of nitrogens with two attached hydrogens (primary N) is 1. The lowest BCUT2D eigenvalue weighted by Gasteiger charge is -2.36. The summed E-state index contributed by atoms with van der Waals surface area (Å²) in [5.41, 5.74) is 10.2. The second-order valence-corrected chi connectivity index (χ2v) is 7.36. The van der Waals surface area contributed by atoms with Gasteiger partial charge in [0.15, 0.2) is 0 Å².